The van der Waals surface area contributed by atoms with Gasteiger partial charge in [-0.2, -0.15) is 5.10 Å². The topological polar surface area (TPSA) is 73.3 Å². The first-order valence-electron chi connectivity index (χ1n) is 6.93. The Balaban J connectivity index is 1.83. The molecular weight excluding hydrogens is 278 g/mol. The zero-order valence-electron chi connectivity index (χ0n) is 12.2. The summed E-state index contributed by atoms with van der Waals surface area (Å²) in [6.45, 7) is 0.391. The van der Waals surface area contributed by atoms with Crippen LogP contribution in [-0.4, -0.2) is 14.9 Å². The minimum absolute atomic E-state index is 0.101. The van der Waals surface area contributed by atoms with Crippen molar-refractivity contribution < 1.29 is 9.84 Å². The quantitative estimate of drug-likeness (QED) is 0.776. The number of aryl methyl sites for hydroxylation is 1. The smallest absolute Gasteiger partial charge is 0.162 e. The molecule has 112 valence electrons. The average Bonchev–Trinajstić information content (AvgIpc) is 2.87. The average molecular weight is 295 g/mol. The number of nitrogens with zero attached hydrogens (tertiary/aromatic N) is 2. The summed E-state index contributed by atoms with van der Waals surface area (Å²) in [4.78, 5) is 0. The molecule has 0 spiro atoms. The van der Waals surface area contributed by atoms with E-state index in [1.165, 1.54) is 0 Å². The van der Waals surface area contributed by atoms with E-state index in [9.17, 15) is 5.11 Å². The lowest BCUT2D eigenvalue weighted by Gasteiger charge is -2.09. The molecule has 5 heteroatoms. The summed E-state index contributed by atoms with van der Waals surface area (Å²) in [6.07, 6.45) is 0. The van der Waals surface area contributed by atoms with Crippen LogP contribution < -0.4 is 10.5 Å². The van der Waals surface area contributed by atoms with Crippen molar-refractivity contribution in [3.63, 3.8) is 0 Å². The van der Waals surface area contributed by atoms with Crippen molar-refractivity contribution in [2.45, 2.75) is 6.61 Å². The molecule has 0 unspecified atom stereocenters. The fourth-order valence-electron chi connectivity index (χ4n) is 2.15. The number of nitrogen functional groups attached to an aromatic ring is 1. The van der Waals surface area contributed by atoms with E-state index in [0.29, 0.717) is 18.2 Å². The summed E-state index contributed by atoms with van der Waals surface area (Å²) in [5, 5.41) is 14.3. The van der Waals surface area contributed by atoms with Crippen molar-refractivity contribution in [3.05, 3.63) is 60.2 Å². The van der Waals surface area contributed by atoms with E-state index >= 15 is 0 Å². The minimum Gasteiger partial charge on any atom is -0.504 e. The zero-order valence-corrected chi connectivity index (χ0v) is 12.2. The summed E-state index contributed by atoms with van der Waals surface area (Å²) in [5.41, 5.74) is 8.42. The van der Waals surface area contributed by atoms with E-state index in [0.717, 1.165) is 16.8 Å². The van der Waals surface area contributed by atoms with Crippen molar-refractivity contribution in [2.24, 2.45) is 7.05 Å². The van der Waals surface area contributed by atoms with E-state index in [4.69, 9.17) is 10.5 Å². The summed E-state index contributed by atoms with van der Waals surface area (Å²) >= 11 is 0. The van der Waals surface area contributed by atoms with Crippen LogP contribution in [0.25, 0.3) is 11.3 Å². The van der Waals surface area contributed by atoms with Crippen LogP contribution >= 0.6 is 0 Å². The van der Waals surface area contributed by atoms with Crippen LogP contribution in [-0.2, 0) is 13.7 Å². The number of phenolic OH excluding ortho intramolecular Hbond substituents is 1. The molecule has 0 saturated carbocycles. The molecule has 0 aliphatic heterocycles. The molecule has 5 nitrogen and oxygen atoms in total. The van der Waals surface area contributed by atoms with Gasteiger partial charge in [0.15, 0.2) is 11.5 Å². The van der Waals surface area contributed by atoms with Gasteiger partial charge < -0.3 is 15.6 Å². The molecule has 3 N–H and O–H groups in total. The van der Waals surface area contributed by atoms with E-state index in [2.05, 4.69) is 5.10 Å². The van der Waals surface area contributed by atoms with Crippen LogP contribution in [0.5, 0.6) is 11.5 Å². The molecule has 2 aromatic carbocycles. The molecule has 0 radical (unpaired) electrons. The maximum absolute atomic E-state index is 9.94. The number of aromatic hydroxyl groups is 1. The van der Waals surface area contributed by atoms with Gasteiger partial charge in [0, 0.05) is 18.7 Å². The van der Waals surface area contributed by atoms with Crippen molar-refractivity contribution in [1.82, 2.24) is 9.78 Å². The van der Waals surface area contributed by atoms with Crippen LogP contribution in [0.1, 0.15) is 5.56 Å². The second kappa shape index (κ2) is 5.81. The number of hydrogen-bond donors (Lipinski definition) is 2. The van der Waals surface area contributed by atoms with Crippen LogP contribution in [0.4, 0.5) is 5.82 Å². The predicted molar refractivity (Wildman–Crippen MR) is 85.5 cm³/mol. The van der Waals surface area contributed by atoms with Crippen LogP contribution in [0.15, 0.2) is 54.6 Å². The number of ether oxygens (including phenoxy) is 1. The Kier molecular flexibility index (Phi) is 3.70. The highest BCUT2D eigenvalue weighted by Gasteiger charge is 2.09. The summed E-state index contributed by atoms with van der Waals surface area (Å²) in [6, 6.07) is 16.7. The molecule has 0 fully saturated rings. The molecule has 22 heavy (non-hydrogen) atoms. The first kappa shape index (κ1) is 14.0. The Labute approximate surface area is 128 Å². The lowest BCUT2D eigenvalue weighted by atomic mass is 10.1. The zero-order chi connectivity index (χ0) is 15.5. The summed E-state index contributed by atoms with van der Waals surface area (Å²) in [5.74, 6) is 1.10. The highest BCUT2D eigenvalue weighted by Crippen LogP contribution is 2.32. The van der Waals surface area contributed by atoms with Gasteiger partial charge in [-0.05, 0) is 23.8 Å². The first-order valence-corrected chi connectivity index (χ1v) is 6.93. The largest absolute Gasteiger partial charge is 0.504 e. The standard InChI is InChI=1S/C17H17N3O2/c1-20-17(18)10-14(19-20)13-7-8-15(21)16(9-13)22-11-12-5-3-2-4-6-12/h2-10,21H,11,18H2,1H3. The number of hydrogen-bond acceptors (Lipinski definition) is 4. The van der Waals surface area contributed by atoms with E-state index in [-0.39, 0.29) is 5.75 Å². The molecule has 0 aliphatic rings. The van der Waals surface area contributed by atoms with Crippen molar-refractivity contribution in [2.75, 3.05) is 5.73 Å². The van der Waals surface area contributed by atoms with Gasteiger partial charge in [0.2, 0.25) is 0 Å². The third-order valence-corrected chi connectivity index (χ3v) is 3.41. The number of nitrogens with two attached hydrogens (primary N) is 1. The van der Waals surface area contributed by atoms with Gasteiger partial charge in [0.25, 0.3) is 0 Å². The van der Waals surface area contributed by atoms with Gasteiger partial charge in [-0.1, -0.05) is 30.3 Å². The van der Waals surface area contributed by atoms with Gasteiger partial charge in [-0.3, -0.25) is 4.68 Å². The number of aromatic nitrogens is 2. The molecule has 0 saturated heterocycles. The number of benzene rings is 2. The Morgan fingerprint density at radius 1 is 1.14 bits per heavy atom. The second-order valence-electron chi connectivity index (χ2n) is 5.03. The van der Waals surface area contributed by atoms with Crippen molar-refractivity contribution in [1.29, 1.82) is 0 Å². The van der Waals surface area contributed by atoms with E-state index < -0.39 is 0 Å². The third kappa shape index (κ3) is 2.88. The Hall–Kier alpha value is -2.95. The fourth-order valence-corrected chi connectivity index (χ4v) is 2.15. The van der Waals surface area contributed by atoms with E-state index in [1.54, 1.807) is 36.0 Å². The normalized spacial score (nSPS) is 10.6. The Morgan fingerprint density at radius 2 is 1.91 bits per heavy atom. The lowest BCUT2D eigenvalue weighted by Crippen LogP contribution is -1.97. The fraction of sp³-hybridized carbons (Fsp3) is 0.118. The molecule has 1 aromatic heterocycles. The maximum Gasteiger partial charge on any atom is 0.162 e. The summed E-state index contributed by atoms with van der Waals surface area (Å²) in [7, 11) is 1.78. The number of phenols is 1. The van der Waals surface area contributed by atoms with E-state index in [1.807, 2.05) is 30.3 Å². The van der Waals surface area contributed by atoms with Gasteiger partial charge in [-0.15, -0.1) is 0 Å². The van der Waals surface area contributed by atoms with Crippen LogP contribution in [0.3, 0.4) is 0 Å². The SMILES string of the molecule is Cn1nc(-c2ccc(O)c(OCc3ccccc3)c2)cc1N. The molecular formula is C17H17N3O2. The molecule has 3 rings (SSSR count). The molecule has 1 heterocycles. The highest BCUT2D eigenvalue weighted by atomic mass is 16.5. The molecule has 3 aromatic rings. The summed E-state index contributed by atoms with van der Waals surface area (Å²) < 4.78 is 7.31. The van der Waals surface area contributed by atoms with Gasteiger partial charge >= 0.3 is 0 Å². The Bertz CT molecular complexity index is 762. The molecule has 0 amide bonds. The van der Waals surface area contributed by atoms with Gasteiger partial charge in [-0.25, -0.2) is 0 Å². The number of anilines is 1. The van der Waals surface area contributed by atoms with Gasteiger partial charge in [0.1, 0.15) is 12.4 Å². The molecule has 0 atom stereocenters. The maximum atomic E-state index is 9.94. The third-order valence-electron chi connectivity index (χ3n) is 3.41. The van der Waals surface area contributed by atoms with Crippen LogP contribution in [0, 0.1) is 0 Å². The van der Waals surface area contributed by atoms with Crippen molar-refractivity contribution >= 4 is 5.82 Å². The van der Waals surface area contributed by atoms with Crippen molar-refractivity contribution in [3.8, 4) is 22.8 Å². The van der Waals surface area contributed by atoms with Crippen LogP contribution in [0.2, 0.25) is 0 Å². The number of rotatable bonds is 4. The Morgan fingerprint density at radius 3 is 2.59 bits per heavy atom. The molecule has 0 aliphatic carbocycles. The first-order chi connectivity index (χ1) is 10.6. The molecule has 0 bridgehead atoms. The lowest BCUT2D eigenvalue weighted by molar-refractivity contribution is 0.289. The minimum atomic E-state index is 0.101. The highest BCUT2D eigenvalue weighted by molar-refractivity contribution is 5.66. The second-order valence-corrected chi connectivity index (χ2v) is 5.03. The monoisotopic (exact) mass is 295 g/mol. The predicted octanol–water partition coefficient (Wildman–Crippen LogP) is 2.95. The van der Waals surface area contributed by atoms with Gasteiger partial charge in [0.05, 0.1) is 5.69 Å².